The average Bonchev–Trinajstić information content (AvgIpc) is 2.99. The van der Waals surface area contributed by atoms with Crippen LogP contribution in [0.2, 0.25) is 4.34 Å². The van der Waals surface area contributed by atoms with Crippen LogP contribution in [0.5, 0.6) is 5.88 Å². The highest BCUT2D eigenvalue weighted by Crippen LogP contribution is 2.38. The van der Waals surface area contributed by atoms with Crippen LogP contribution in [0.4, 0.5) is 11.5 Å². The summed E-state index contributed by atoms with van der Waals surface area (Å²) in [5.41, 5.74) is 1.76. The van der Waals surface area contributed by atoms with Crippen LogP contribution in [0.25, 0.3) is 10.2 Å². The minimum atomic E-state index is 0.148. The highest BCUT2D eigenvalue weighted by Gasteiger charge is 2.23. The van der Waals surface area contributed by atoms with E-state index in [4.69, 9.17) is 21.1 Å². The van der Waals surface area contributed by atoms with E-state index in [1.54, 1.807) is 19.6 Å². The van der Waals surface area contributed by atoms with E-state index in [1.807, 2.05) is 19.1 Å². The van der Waals surface area contributed by atoms with Gasteiger partial charge in [-0.3, -0.25) is 0 Å². The molecular formula is C19H21ClN4O2S. The Bertz CT molecular complexity index is 941. The van der Waals surface area contributed by atoms with Crippen molar-refractivity contribution in [3.8, 4) is 5.88 Å². The molecule has 0 atom stereocenters. The third-order valence-electron chi connectivity index (χ3n) is 4.93. The lowest BCUT2D eigenvalue weighted by molar-refractivity contribution is 0.0317. The zero-order chi connectivity index (χ0) is 18.8. The van der Waals surface area contributed by atoms with Crippen molar-refractivity contribution in [2.75, 3.05) is 12.4 Å². The Morgan fingerprint density at radius 2 is 1.93 bits per heavy atom. The summed E-state index contributed by atoms with van der Waals surface area (Å²) in [6.45, 7) is 1.98. The molecule has 27 heavy (non-hydrogen) atoms. The fourth-order valence-electron chi connectivity index (χ4n) is 3.39. The number of fused-ring (bicyclic) bond motifs is 1. The van der Waals surface area contributed by atoms with E-state index < -0.39 is 0 Å². The topological polar surface area (TPSA) is 69.2 Å². The molecule has 1 aliphatic carbocycles. The van der Waals surface area contributed by atoms with E-state index >= 15 is 0 Å². The first-order valence-corrected chi connectivity index (χ1v) is 10.2. The molecule has 0 spiro atoms. The van der Waals surface area contributed by atoms with E-state index in [-0.39, 0.29) is 6.10 Å². The lowest BCUT2D eigenvalue weighted by Gasteiger charge is -2.28. The fraction of sp³-hybridized carbons (Fsp3) is 0.421. The Morgan fingerprint density at radius 3 is 2.70 bits per heavy atom. The SMILES string of the molecule is COC1CCC(Oc2ncccc2Nc2ncnc3sc(Cl)c(C)c23)CC1. The molecule has 3 aromatic heterocycles. The van der Waals surface area contributed by atoms with Gasteiger partial charge < -0.3 is 14.8 Å². The normalized spacial score (nSPS) is 20.0. The minimum Gasteiger partial charge on any atom is -0.473 e. The van der Waals surface area contributed by atoms with Crippen molar-refractivity contribution in [1.82, 2.24) is 15.0 Å². The van der Waals surface area contributed by atoms with E-state index in [9.17, 15) is 0 Å². The van der Waals surface area contributed by atoms with Gasteiger partial charge in [0.1, 0.15) is 28.8 Å². The Balaban J connectivity index is 1.57. The summed E-state index contributed by atoms with van der Waals surface area (Å²) in [5.74, 6) is 1.30. The molecule has 1 N–H and O–H groups in total. The van der Waals surface area contributed by atoms with Gasteiger partial charge in [0.25, 0.3) is 0 Å². The molecule has 6 nitrogen and oxygen atoms in total. The van der Waals surface area contributed by atoms with Crippen molar-refractivity contribution >= 4 is 44.7 Å². The highest BCUT2D eigenvalue weighted by molar-refractivity contribution is 7.22. The standard InChI is InChI=1S/C19H21ClN4O2S/c1-11-15-17(22-10-23-19(15)27-16(11)20)24-14-4-3-9-21-18(14)26-13-7-5-12(25-2)6-8-13/h3-4,9-10,12-13H,5-8H2,1-2H3,(H,22,23,24). The number of nitrogens with zero attached hydrogens (tertiary/aromatic N) is 3. The summed E-state index contributed by atoms with van der Waals surface area (Å²) in [6, 6.07) is 3.82. The van der Waals surface area contributed by atoms with Crippen LogP contribution in [-0.4, -0.2) is 34.3 Å². The lowest BCUT2D eigenvalue weighted by Crippen LogP contribution is -2.28. The second kappa shape index (κ2) is 7.96. The summed E-state index contributed by atoms with van der Waals surface area (Å²) >= 11 is 7.74. The third-order valence-corrected chi connectivity index (χ3v) is 6.43. The number of methoxy groups -OCH3 is 1. The Labute approximate surface area is 166 Å². The van der Waals surface area contributed by atoms with Gasteiger partial charge >= 0.3 is 0 Å². The van der Waals surface area contributed by atoms with Gasteiger partial charge in [-0.2, -0.15) is 0 Å². The van der Waals surface area contributed by atoms with Crippen LogP contribution in [-0.2, 0) is 4.74 Å². The molecule has 0 amide bonds. The van der Waals surface area contributed by atoms with E-state index in [2.05, 4.69) is 20.3 Å². The van der Waals surface area contributed by atoms with Crippen molar-refractivity contribution in [3.05, 3.63) is 34.6 Å². The van der Waals surface area contributed by atoms with Crippen molar-refractivity contribution in [3.63, 3.8) is 0 Å². The Hall–Kier alpha value is -1.96. The van der Waals surface area contributed by atoms with Crippen molar-refractivity contribution in [2.24, 2.45) is 0 Å². The maximum absolute atomic E-state index is 6.29. The number of thiophene rings is 1. The summed E-state index contributed by atoms with van der Waals surface area (Å²) in [5, 5.41) is 4.30. The molecule has 0 saturated heterocycles. The predicted octanol–water partition coefficient (Wildman–Crippen LogP) is 5.13. The smallest absolute Gasteiger partial charge is 0.238 e. The van der Waals surface area contributed by atoms with E-state index in [0.29, 0.717) is 17.8 Å². The molecule has 0 aliphatic heterocycles. The molecular weight excluding hydrogens is 384 g/mol. The van der Waals surface area contributed by atoms with Gasteiger partial charge in [0.05, 0.1) is 15.8 Å². The van der Waals surface area contributed by atoms with Crippen molar-refractivity contribution in [1.29, 1.82) is 0 Å². The number of rotatable bonds is 5. The quantitative estimate of drug-likeness (QED) is 0.635. The molecule has 1 saturated carbocycles. The van der Waals surface area contributed by atoms with Crippen LogP contribution in [0.3, 0.4) is 0 Å². The molecule has 142 valence electrons. The number of nitrogens with one attached hydrogen (secondary N) is 1. The number of halogens is 1. The molecule has 1 aliphatic rings. The van der Waals surface area contributed by atoms with Crippen LogP contribution < -0.4 is 10.1 Å². The van der Waals surface area contributed by atoms with Crippen LogP contribution in [0.1, 0.15) is 31.2 Å². The first-order valence-electron chi connectivity index (χ1n) is 8.96. The molecule has 0 radical (unpaired) electrons. The van der Waals surface area contributed by atoms with Gasteiger partial charge in [-0.1, -0.05) is 11.6 Å². The summed E-state index contributed by atoms with van der Waals surface area (Å²) in [4.78, 5) is 14.0. The summed E-state index contributed by atoms with van der Waals surface area (Å²) < 4.78 is 12.4. The van der Waals surface area contributed by atoms with Crippen LogP contribution in [0.15, 0.2) is 24.7 Å². The zero-order valence-electron chi connectivity index (χ0n) is 15.2. The molecule has 0 unspecified atom stereocenters. The first-order chi connectivity index (χ1) is 13.2. The average molecular weight is 405 g/mol. The van der Waals surface area contributed by atoms with Crippen LogP contribution in [0, 0.1) is 6.92 Å². The highest BCUT2D eigenvalue weighted by atomic mass is 35.5. The maximum atomic E-state index is 6.29. The van der Waals surface area contributed by atoms with Gasteiger partial charge in [0.15, 0.2) is 0 Å². The number of hydrogen-bond donors (Lipinski definition) is 1. The largest absolute Gasteiger partial charge is 0.473 e. The Kier molecular flexibility index (Phi) is 5.43. The second-order valence-electron chi connectivity index (χ2n) is 6.64. The van der Waals surface area contributed by atoms with Crippen LogP contribution >= 0.6 is 22.9 Å². The zero-order valence-corrected chi connectivity index (χ0v) is 16.8. The third kappa shape index (κ3) is 3.85. The second-order valence-corrected chi connectivity index (χ2v) is 8.24. The molecule has 3 heterocycles. The molecule has 0 bridgehead atoms. The molecule has 0 aromatic carbocycles. The van der Waals surface area contributed by atoms with Gasteiger partial charge in [-0.25, -0.2) is 15.0 Å². The molecule has 1 fully saturated rings. The fourth-order valence-corrected chi connectivity index (χ4v) is 4.58. The maximum Gasteiger partial charge on any atom is 0.238 e. The van der Waals surface area contributed by atoms with Gasteiger partial charge in [0.2, 0.25) is 5.88 Å². The molecule has 3 aromatic rings. The number of hydrogen-bond acceptors (Lipinski definition) is 7. The lowest BCUT2D eigenvalue weighted by atomic mass is 9.95. The summed E-state index contributed by atoms with van der Waals surface area (Å²) in [7, 11) is 1.77. The van der Waals surface area contributed by atoms with Gasteiger partial charge in [-0.15, -0.1) is 11.3 Å². The van der Waals surface area contributed by atoms with Crippen molar-refractivity contribution in [2.45, 2.75) is 44.8 Å². The number of anilines is 2. The van der Waals surface area contributed by atoms with Crippen molar-refractivity contribution < 1.29 is 9.47 Å². The number of ether oxygens (including phenoxy) is 2. The van der Waals surface area contributed by atoms with Gasteiger partial charge in [-0.05, 0) is 50.3 Å². The van der Waals surface area contributed by atoms with Gasteiger partial charge in [0, 0.05) is 13.3 Å². The molecule has 8 heteroatoms. The number of aromatic nitrogens is 3. The summed E-state index contributed by atoms with van der Waals surface area (Å²) in [6.07, 6.45) is 7.72. The number of pyridine rings is 1. The van der Waals surface area contributed by atoms with E-state index in [1.165, 1.54) is 11.3 Å². The van der Waals surface area contributed by atoms with E-state index in [0.717, 1.165) is 51.5 Å². The monoisotopic (exact) mass is 404 g/mol. The Morgan fingerprint density at radius 1 is 1.15 bits per heavy atom. The molecule has 4 rings (SSSR count). The first kappa shape index (κ1) is 18.4. The minimum absolute atomic E-state index is 0.148. The number of aryl methyl sites for hydroxylation is 1. The predicted molar refractivity (Wildman–Crippen MR) is 108 cm³/mol.